The molecule has 1 aromatic rings. The van der Waals surface area contributed by atoms with Gasteiger partial charge in [0.15, 0.2) is 5.96 Å². The van der Waals surface area contributed by atoms with Crippen LogP contribution in [0.2, 0.25) is 0 Å². The molecular weight excluding hydrogens is 354 g/mol. The molecule has 0 radical (unpaired) electrons. The third-order valence-corrected chi connectivity index (χ3v) is 4.61. The van der Waals surface area contributed by atoms with E-state index < -0.39 is 0 Å². The van der Waals surface area contributed by atoms with Crippen LogP contribution < -0.4 is 15.4 Å². The smallest absolute Gasteiger partial charge is 0.234 e. The first-order valence-electron chi connectivity index (χ1n) is 10.1. The van der Waals surface area contributed by atoms with Gasteiger partial charge in [0.1, 0.15) is 11.9 Å². The van der Waals surface area contributed by atoms with E-state index in [9.17, 15) is 4.79 Å². The fraction of sp³-hybridized carbons (Fsp3) is 0.619. The van der Waals surface area contributed by atoms with Gasteiger partial charge >= 0.3 is 0 Å². The topological polar surface area (TPSA) is 69.2 Å². The van der Waals surface area contributed by atoms with Crippen LogP contribution in [0.3, 0.4) is 0 Å². The summed E-state index contributed by atoms with van der Waals surface area (Å²) in [4.78, 5) is 20.7. The lowest BCUT2D eigenvalue weighted by atomic mass is 10.2. The second-order valence-electron chi connectivity index (χ2n) is 7.66. The van der Waals surface area contributed by atoms with E-state index in [4.69, 9.17) is 4.74 Å². The molecule has 7 heteroatoms. The maximum atomic E-state index is 11.9. The number of aliphatic imine (C=N–C) groups is 1. The Hall–Kier alpha value is -2.28. The third kappa shape index (κ3) is 7.38. The van der Waals surface area contributed by atoms with Crippen molar-refractivity contribution in [1.29, 1.82) is 0 Å². The number of nitrogens with one attached hydrogen (secondary N) is 2. The minimum atomic E-state index is 0.0282. The molecule has 1 heterocycles. The van der Waals surface area contributed by atoms with Gasteiger partial charge in [0.05, 0.1) is 13.1 Å². The Morgan fingerprint density at radius 3 is 2.36 bits per heavy atom. The molecular formula is C21H35N5O2. The molecule has 1 amide bonds. The maximum absolute atomic E-state index is 11.9. The van der Waals surface area contributed by atoms with E-state index in [2.05, 4.69) is 44.5 Å². The van der Waals surface area contributed by atoms with Crippen molar-refractivity contribution in [3.8, 4) is 5.75 Å². The lowest BCUT2D eigenvalue weighted by molar-refractivity contribution is -0.123. The van der Waals surface area contributed by atoms with Crippen molar-refractivity contribution in [3.05, 3.63) is 29.8 Å². The largest absolute Gasteiger partial charge is 0.489 e. The highest BCUT2D eigenvalue weighted by molar-refractivity contribution is 5.80. The molecule has 7 nitrogen and oxygen atoms in total. The number of ether oxygens (including phenoxy) is 1. The maximum Gasteiger partial charge on any atom is 0.234 e. The van der Waals surface area contributed by atoms with Crippen molar-refractivity contribution < 1.29 is 9.53 Å². The van der Waals surface area contributed by atoms with Crippen LogP contribution in [0.5, 0.6) is 5.75 Å². The number of guanidine groups is 1. The van der Waals surface area contributed by atoms with Gasteiger partial charge in [0.2, 0.25) is 5.91 Å². The van der Waals surface area contributed by atoms with E-state index in [1.54, 1.807) is 7.05 Å². The summed E-state index contributed by atoms with van der Waals surface area (Å²) in [6.07, 6.45) is 0.0282. The van der Waals surface area contributed by atoms with Crippen molar-refractivity contribution in [2.45, 2.75) is 39.8 Å². The first-order chi connectivity index (χ1) is 13.4. The summed E-state index contributed by atoms with van der Waals surface area (Å²) >= 11 is 0. The lowest BCUT2D eigenvalue weighted by Crippen LogP contribution is -2.55. The van der Waals surface area contributed by atoms with Gasteiger partial charge in [-0.3, -0.25) is 14.7 Å². The highest BCUT2D eigenvalue weighted by atomic mass is 16.5. The molecule has 1 aliphatic heterocycles. The van der Waals surface area contributed by atoms with Crippen molar-refractivity contribution >= 4 is 11.9 Å². The first-order valence-corrected chi connectivity index (χ1v) is 10.1. The SMILES string of the molecule is CN=C(NCC(C)Oc1ccc(C)cc1)N1CCN(CC(=O)NC(C)C)CC1. The van der Waals surface area contributed by atoms with Crippen LogP contribution in [0.25, 0.3) is 0 Å². The summed E-state index contributed by atoms with van der Waals surface area (Å²) in [5.74, 6) is 1.85. The van der Waals surface area contributed by atoms with Gasteiger partial charge in [0, 0.05) is 39.3 Å². The number of benzene rings is 1. The number of carbonyl (C=O) groups excluding carboxylic acids is 1. The molecule has 0 aliphatic carbocycles. The van der Waals surface area contributed by atoms with E-state index >= 15 is 0 Å². The quantitative estimate of drug-likeness (QED) is 0.546. The molecule has 1 aliphatic rings. The van der Waals surface area contributed by atoms with E-state index in [1.165, 1.54) is 5.56 Å². The van der Waals surface area contributed by atoms with E-state index in [1.807, 2.05) is 32.9 Å². The van der Waals surface area contributed by atoms with Crippen LogP contribution in [0.1, 0.15) is 26.3 Å². The van der Waals surface area contributed by atoms with Crippen LogP contribution in [0.4, 0.5) is 0 Å². The van der Waals surface area contributed by atoms with Gasteiger partial charge in [-0.2, -0.15) is 0 Å². The summed E-state index contributed by atoms with van der Waals surface area (Å²) in [5.41, 5.74) is 1.22. The van der Waals surface area contributed by atoms with E-state index in [0.29, 0.717) is 13.1 Å². The molecule has 1 fully saturated rings. The summed E-state index contributed by atoms with van der Waals surface area (Å²) in [6, 6.07) is 8.27. The number of piperazine rings is 1. The molecule has 2 N–H and O–H groups in total. The van der Waals surface area contributed by atoms with E-state index in [-0.39, 0.29) is 18.1 Å². The highest BCUT2D eigenvalue weighted by Gasteiger charge is 2.21. The van der Waals surface area contributed by atoms with Crippen LogP contribution in [0.15, 0.2) is 29.3 Å². The van der Waals surface area contributed by atoms with Crippen LogP contribution in [-0.2, 0) is 4.79 Å². The fourth-order valence-electron chi connectivity index (χ4n) is 3.15. The molecule has 1 unspecified atom stereocenters. The Morgan fingerprint density at radius 1 is 1.14 bits per heavy atom. The second-order valence-corrected chi connectivity index (χ2v) is 7.66. The standard InChI is InChI=1S/C21H35N5O2/c1-16(2)24-20(27)15-25-10-12-26(13-11-25)21(22-5)23-14-18(4)28-19-8-6-17(3)7-9-19/h6-9,16,18H,10-15H2,1-5H3,(H,22,23)(H,24,27). The van der Waals surface area contributed by atoms with Crippen molar-refractivity contribution in [3.63, 3.8) is 0 Å². The molecule has 156 valence electrons. The monoisotopic (exact) mass is 389 g/mol. The number of hydrogen-bond acceptors (Lipinski definition) is 4. The predicted molar refractivity (Wildman–Crippen MR) is 114 cm³/mol. The Kier molecular flexibility index (Phi) is 8.57. The summed E-state index contributed by atoms with van der Waals surface area (Å²) < 4.78 is 5.96. The normalized spacial score (nSPS) is 16.8. The second kappa shape index (κ2) is 10.9. The minimum Gasteiger partial charge on any atom is -0.489 e. The minimum absolute atomic E-state index is 0.0282. The average molecular weight is 390 g/mol. The van der Waals surface area contributed by atoms with Gasteiger partial charge < -0.3 is 20.3 Å². The molecule has 0 bridgehead atoms. The zero-order valence-corrected chi connectivity index (χ0v) is 17.9. The number of aryl methyl sites for hydroxylation is 1. The zero-order valence-electron chi connectivity index (χ0n) is 17.9. The van der Waals surface area contributed by atoms with Crippen LogP contribution in [0, 0.1) is 6.92 Å². The Morgan fingerprint density at radius 2 is 1.79 bits per heavy atom. The fourth-order valence-corrected chi connectivity index (χ4v) is 3.15. The molecule has 0 spiro atoms. The number of nitrogens with zero attached hydrogens (tertiary/aromatic N) is 3. The predicted octanol–water partition coefficient (Wildman–Crippen LogP) is 1.48. The molecule has 1 saturated heterocycles. The lowest BCUT2D eigenvalue weighted by Gasteiger charge is -2.36. The molecule has 1 atom stereocenters. The van der Waals surface area contributed by atoms with Crippen LogP contribution >= 0.6 is 0 Å². The number of amides is 1. The Balaban J connectivity index is 1.73. The number of rotatable bonds is 7. The molecule has 0 saturated carbocycles. The van der Waals surface area contributed by atoms with Crippen molar-refractivity contribution in [2.75, 3.05) is 46.3 Å². The number of hydrogen-bond donors (Lipinski definition) is 2. The highest BCUT2D eigenvalue weighted by Crippen LogP contribution is 2.13. The molecule has 0 aromatic heterocycles. The van der Waals surface area contributed by atoms with Gasteiger partial charge in [0.25, 0.3) is 0 Å². The molecule has 1 aromatic carbocycles. The average Bonchev–Trinajstić information content (AvgIpc) is 2.64. The van der Waals surface area contributed by atoms with Gasteiger partial charge in [-0.05, 0) is 39.8 Å². The van der Waals surface area contributed by atoms with E-state index in [0.717, 1.165) is 37.9 Å². The third-order valence-electron chi connectivity index (χ3n) is 4.61. The summed E-state index contributed by atoms with van der Waals surface area (Å²) in [7, 11) is 1.80. The molecule has 2 rings (SSSR count). The van der Waals surface area contributed by atoms with Gasteiger partial charge in [-0.15, -0.1) is 0 Å². The van der Waals surface area contributed by atoms with Gasteiger partial charge in [-0.25, -0.2) is 0 Å². The van der Waals surface area contributed by atoms with Gasteiger partial charge in [-0.1, -0.05) is 17.7 Å². The van der Waals surface area contributed by atoms with Crippen molar-refractivity contribution in [2.24, 2.45) is 4.99 Å². The first kappa shape index (κ1) is 22.0. The summed E-state index contributed by atoms with van der Waals surface area (Å²) in [5, 5.41) is 6.35. The zero-order chi connectivity index (χ0) is 20.5. The Labute approximate surface area is 169 Å². The van der Waals surface area contributed by atoms with Crippen molar-refractivity contribution in [1.82, 2.24) is 20.4 Å². The number of carbonyl (C=O) groups is 1. The summed E-state index contributed by atoms with van der Waals surface area (Å²) in [6.45, 7) is 12.6. The van der Waals surface area contributed by atoms with Crippen LogP contribution in [-0.4, -0.2) is 80.1 Å². The molecule has 28 heavy (non-hydrogen) atoms. The Bertz CT molecular complexity index is 637.